The Balaban J connectivity index is 2.20. The van der Waals surface area contributed by atoms with Gasteiger partial charge in [-0.05, 0) is 24.3 Å². The van der Waals surface area contributed by atoms with Crippen molar-refractivity contribution in [3.05, 3.63) is 48.0 Å². The zero-order chi connectivity index (χ0) is 15.0. The Bertz CT molecular complexity index is 842. The van der Waals surface area contributed by atoms with E-state index in [9.17, 15) is 13.6 Å². The molecule has 2 N–H and O–H groups in total. The molecule has 0 unspecified atom stereocenters. The van der Waals surface area contributed by atoms with Gasteiger partial charge in [0.1, 0.15) is 17.0 Å². The third-order valence-corrected chi connectivity index (χ3v) is 3.04. The first kappa shape index (κ1) is 13.2. The second kappa shape index (κ2) is 4.97. The van der Waals surface area contributed by atoms with Crippen molar-refractivity contribution in [3.8, 4) is 11.3 Å². The predicted molar refractivity (Wildman–Crippen MR) is 75.7 cm³/mol. The van der Waals surface area contributed by atoms with Crippen LogP contribution in [0.15, 0.2) is 36.4 Å². The highest BCUT2D eigenvalue weighted by molar-refractivity contribution is 5.98. The van der Waals surface area contributed by atoms with Crippen molar-refractivity contribution in [3.63, 3.8) is 0 Å². The first-order chi connectivity index (χ1) is 10.0. The molecule has 2 aromatic carbocycles. The lowest BCUT2D eigenvalue weighted by Gasteiger charge is -2.04. The van der Waals surface area contributed by atoms with E-state index in [0.717, 1.165) is 0 Å². The van der Waals surface area contributed by atoms with E-state index >= 15 is 0 Å². The quantitative estimate of drug-likeness (QED) is 0.758. The van der Waals surface area contributed by atoms with Crippen LogP contribution < -0.4 is 5.32 Å². The molecular weight excluding hydrogens is 276 g/mol. The third-order valence-electron chi connectivity index (χ3n) is 3.04. The van der Waals surface area contributed by atoms with Gasteiger partial charge in [0.15, 0.2) is 5.82 Å². The number of amides is 1. The third kappa shape index (κ3) is 2.47. The fourth-order valence-electron chi connectivity index (χ4n) is 2.21. The maximum absolute atomic E-state index is 14.0. The topological polar surface area (TPSA) is 57.8 Å². The lowest BCUT2D eigenvalue weighted by atomic mass is 10.1. The van der Waals surface area contributed by atoms with E-state index in [1.165, 1.54) is 25.1 Å². The summed E-state index contributed by atoms with van der Waals surface area (Å²) in [7, 11) is 0. The number of hydrogen-bond acceptors (Lipinski definition) is 2. The van der Waals surface area contributed by atoms with Crippen molar-refractivity contribution in [1.82, 2.24) is 10.2 Å². The van der Waals surface area contributed by atoms with Gasteiger partial charge in [-0.2, -0.15) is 5.10 Å². The van der Waals surface area contributed by atoms with Crippen molar-refractivity contribution in [2.75, 3.05) is 5.32 Å². The van der Waals surface area contributed by atoms with Crippen molar-refractivity contribution < 1.29 is 13.6 Å². The van der Waals surface area contributed by atoms with Crippen molar-refractivity contribution >= 4 is 22.5 Å². The highest BCUT2D eigenvalue weighted by atomic mass is 19.1. The number of hydrogen-bond donors (Lipinski definition) is 2. The van der Waals surface area contributed by atoms with Gasteiger partial charge in [-0.3, -0.25) is 9.89 Å². The number of carbonyl (C=O) groups is 1. The SMILES string of the molecule is CC(=O)Nc1cc(F)c2[nH]nc(-c3cccc(F)c3)c2c1. The Morgan fingerprint density at radius 2 is 2.05 bits per heavy atom. The van der Waals surface area contributed by atoms with Crippen LogP contribution in [0.4, 0.5) is 14.5 Å². The predicted octanol–water partition coefficient (Wildman–Crippen LogP) is 3.47. The first-order valence-corrected chi connectivity index (χ1v) is 6.26. The van der Waals surface area contributed by atoms with Gasteiger partial charge in [0.2, 0.25) is 5.91 Å². The Kier molecular flexibility index (Phi) is 3.13. The summed E-state index contributed by atoms with van der Waals surface area (Å²) in [4.78, 5) is 11.1. The van der Waals surface area contributed by atoms with Gasteiger partial charge < -0.3 is 5.32 Å². The minimum absolute atomic E-state index is 0.211. The van der Waals surface area contributed by atoms with E-state index in [-0.39, 0.29) is 11.4 Å². The number of rotatable bonds is 2. The minimum Gasteiger partial charge on any atom is -0.326 e. The Labute approximate surface area is 118 Å². The number of anilines is 1. The number of aromatic nitrogens is 2. The molecule has 0 bridgehead atoms. The number of nitrogens with one attached hydrogen (secondary N) is 2. The summed E-state index contributed by atoms with van der Waals surface area (Å²) in [5, 5.41) is 9.64. The lowest BCUT2D eigenvalue weighted by Crippen LogP contribution is -2.05. The van der Waals surface area contributed by atoms with Crippen LogP contribution in [0.25, 0.3) is 22.2 Å². The van der Waals surface area contributed by atoms with Crippen LogP contribution in [0.5, 0.6) is 0 Å². The van der Waals surface area contributed by atoms with Gasteiger partial charge in [-0.1, -0.05) is 12.1 Å². The second-order valence-electron chi connectivity index (χ2n) is 4.64. The van der Waals surface area contributed by atoms with E-state index in [1.807, 2.05) is 0 Å². The van der Waals surface area contributed by atoms with Crippen LogP contribution in [0, 0.1) is 11.6 Å². The molecule has 0 saturated heterocycles. The first-order valence-electron chi connectivity index (χ1n) is 6.26. The Morgan fingerprint density at radius 1 is 1.24 bits per heavy atom. The smallest absolute Gasteiger partial charge is 0.221 e. The van der Waals surface area contributed by atoms with Gasteiger partial charge in [0.25, 0.3) is 0 Å². The van der Waals surface area contributed by atoms with E-state index in [1.54, 1.807) is 18.2 Å². The Hall–Kier alpha value is -2.76. The summed E-state index contributed by atoms with van der Waals surface area (Å²) in [5.74, 6) is -1.24. The molecular formula is C15H11F2N3O. The summed E-state index contributed by atoms with van der Waals surface area (Å²) in [6.07, 6.45) is 0. The van der Waals surface area contributed by atoms with E-state index < -0.39 is 11.6 Å². The van der Waals surface area contributed by atoms with E-state index in [0.29, 0.717) is 22.3 Å². The van der Waals surface area contributed by atoms with Crippen molar-refractivity contribution in [2.24, 2.45) is 0 Å². The standard InChI is InChI=1S/C15H11F2N3O/c1-8(21)18-11-6-12-14(9-3-2-4-10(16)5-9)19-20-15(12)13(17)7-11/h2-7H,1H3,(H,18,21)(H,19,20). The zero-order valence-electron chi connectivity index (χ0n) is 11.1. The normalized spacial score (nSPS) is 10.8. The number of benzene rings is 2. The molecule has 0 atom stereocenters. The molecule has 21 heavy (non-hydrogen) atoms. The molecule has 0 fully saturated rings. The molecule has 3 aromatic rings. The number of H-pyrrole nitrogens is 1. The summed E-state index contributed by atoms with van der Waals surface area (Å²) in [5.41, 5.74) is 1.49. The van der Waals surface area contributed by atoms with Crippen LogP contribution in [-0.4, -0.2) is 16.1 Å². The molecule has 1 amide bonds. The molecule has 0 saturated carbocycles. The van der Waals surface area contributed by atoms with Crippen molar-refractivity contribution in [1.29, 1.82) is 0 Å². The molecule has 3 rings (SSSR count). The molecule has 0 spiro atoms. The summed E-state index contributed by atoms with van der Waals surface area (Å²) in [6, 6.07) is 8.68. The van der Waals surface area contributed by atoms with Gasteiger partial charge >= 0.3 is 0 Å². The maximum Gasteiger partial charge on any atom is 0.221 e. The number of fused-ring (bicyclic) bond motifs is 1. The molecule has 0 aliphatic carbocycles. The van der Waals surface area contributed by atoms with Gasteiger partial charge in [0.05, 0.1) is 0 Å². The summed E-state index contributed by atoms with van der Waals surface area (Å²) >= 11 is 0. The van der Waals surface area contributed by atoms with Gasteiger partial charge in [-0.15, -0.1) is 0 Å². The molecule has 106 valence electrons. The van der Waals surface area contributed by atoms with E-state index in [4.69, 9.17) is 0 Å². The van der Waals surface area contributed by atoms with Crippen LogP contribution in [-0.2, 0) is 4.79 Å². The summed E-state index contributed by atoms with van der Waals surface area (Å²) in [6.45, 7) is 1.34. The molecule has 1 heterocycles. The number of carbonyl (C=O) groups excluding carboxylic acids is 1. The second-order valence-corrected chi connectivity index (χ2v) is 4.64. The van der Waals surface area contributed by atoms with Crippen LogP contribution in [0.1, 0.15) is 6.92 Å². The fraction of sp³-hybridized carbons (Fsp3) is 0.0667. The average molecular weight is 287 g/mol. The molecule has 6 heteroatoms. The fourth-order valence-corrected chi connectivity index (χ4v) is 2.21. The lowest BCUT2D eigenvalue weighted by molar-refractivity contribution is -0.114. The largest absolute Gasteiger partial charge is 0.326 e. The highest BCUT2D eigenvalue weighted by Gasteiger charge is 2.14. The average Bonchev–Trinajstić information content (AvgIpc) is 2.82. The van der Waals surface area contributed by atoms with Crippen LogP contribution >= 0.6 is 0 Å². The minimum atomic E-state index is -0.536. The Morgan fingerprint density at radius 3 is 2.76 bits per heavy atom. The van der Waals surface area contributed by atoms with Crippen LogP contribution in [0.2, 0.25) is 0 Å². The van der Waals surface area contributed by atoms with Gasteiger partial charge in [0, 0.05) is 23.6 Å². The number of aromatic amines is 1. The highest BCUT2D eigenvalue weighted by Crippen LogP contribution is 2.30. The summed E-state index contributed by atoms with van der Waals surface area (Å²) < 4.78 is 27.3. The van der Waals surface area contributed by atoms with Gasteiger partial charge in [-0.25, -0.2) is 8.78 Å². The van der Waals surface area contributed by atoms with E-state index in [2.05, 4.69) is 15.5 Å². The van der Waals surface area contributed by atoms with Crippen LogP contribution in [0.3, 0.4) is 0 Å². The molecule has 0 aliphatic rings. The maximum atomic E-state index is 14.0. The number of nitrogens with zero attached hydrogens (tertiary/aromatic N) is 1. The molecule has 4 nitrogen and oxygen atoms in total. The monoisotopic (exact) mass is 287 g/mol. The molecule has 0 aliphatic heterocycles. The molecule has 1 aromatic heterocycles. The zero-order valence-corrected chi connectivity index (χ0v) is 11.1. The van der Waals surface area contributed by atoms with Crippen molar-refractivity contribution in [2.45, 2.75) is 6.92 Å². The molecule has 0 radical (unpaired) electrons. The number of halogens is 2.